The molecular weight excluding hydrogens is 542 g/mol. The monoisotopic (exact) mass is 591 g/mol. The van der Waals surface area contributed by atoms with Crippen molar-refractivity contribution in [3.8, 4) is 22.5 Å². The maximum atomic E-state index is 6.77. The number of hydrogen-bond acceptors (Lipinski definition) is 3. The van der Waals surface area contributed by atoms with Crippen LogP contribution in [0.4, 0.5) is 11.4 Å². The van der Waals surface area contributed by atoms with Gasteiger partial charge in [-0.15, -0.1) is 0 Å². The molecule has 0 unspecified atom stereocenters. The summed E-state index contributed by atoms with van der Waals surface area (Å²) in [5, 5.41) is 3.72. The Morgan fingerprint density at radius 2 is 1.14 bits per heavy atom. The molecule has 2 fully saturated rings. The van der Waals surface area contributed by atoms with Crippen molar-refractivity contribution in [2.75, 3.05) is 38.0 Å². The Labute approximate surface area is 263 Å². The fourth-order valence-electron chi connectivity index (χ4n) is 7.30. The van der Waals surface area contributed by atoms with Crippen LogP contribution >= 0.6 is 0 Å². The number of nitrogens with two attached hydrogens (primary N) is 1. The number of rotatable bonds is 8. The Kier molecular flexibility index (Phi) is 9.01. The fraction of sp³-hybridized carbons (Fsp3) is 0.432. The molecular formula is C37H49N7. The van der Waals surface area contributed by atoms with Crippen molar-refractivity contribution < 1.29 is 0 Å². The fourth-order valence-corrected chi connectivity index (χ4v) is 7.30. The molecule has 2 aromatic heterocycles. The van der Waals surface area contributed by atoms with Crippen LogP contribution < -0.4 is 20.9 Å². The first-order valence-electron chi connectivity index (χ1n) is 16.4. The molecule has 0 spiro atoms. The molecule has 7 nitrogen and oxygen atoms in total. The Balaban J connectivity index is 1.21. The number of nitrogens with zero attached hydrogens (tertiary/aromatic N) is 5. The Morgan fingerprint density at radius 1 is 0.659 bits per heavy atom. The molecule has 4 aromatic rings. The number of aliphatic imine (C=N–C) groups is 1. The highest BCUT2D eigenvalue weighted by atomic mass is 15.2. The van der Waals surface area contributed by atoms with Crippen molar-refractivity contribution in [2.24, 2.45) is 10.7 Å². The van der Waals surface area contributed by atoms with Crippen LogP contribution in [0.1, 0.15) is 63.5 Å². The van der Waals surface area contributed by atoms with Gasteiger partial charge >= 0.3 is 0 Å². The average Bonchev–Trinajstić information content (AvgIpc) is 3.72. The summed E-state index contributed by atoms with van der Waals surface area (Å²) < 4.78 is 4.91. The minimum Gasteiger partial charge on any atom is -0.378 e. The summed E-state index contributed by atoms with van der Waals surface area (Å²) in [6, 6.07) is 27.6. The van der Waals surface area contributed by atoms with Gasteiger partial charge in [-0.2, -0.15) is 0 Å². The average molecular weight is 592 g/mol. The Hall–Kier alpha value is -4.13. The van der Waals surface area contributed by atoms with E-state index in [0.717, 1.165) is 25.7 Å². The van der Waals surface area contributed by atoms with Crippen molar-refractivity contribution in [1.82, 2.24) is 14.5 Å². The van der Waals surface area contributed by atoms with Gasteiger partial charge in [-0.1, -0.05) is 49.9 Å². The molecule has 3 N–H and O–H groups in total. The van der Waals surface area contributed by atoms with Gasteiger partial charge in [0.15, 0.2) is 5.96 Å². The molecule has 0 amide bonds. The number of nitrogens with one attached hydrogen (secondary N) is 1. The van der Waals surface area contributed by atoms with E-state index in [9.17, 15) is 0 Å². The molecule has 2 aliphatic carbocycles. The quantitative estimate of drug-likeness (QED) is 0.166. The van der Waals surface area contributed by atoms with Crippen molar-refractivity contribution in [3.05, 3.63) is 85.2 Å². The lowest BCUT2D eigenvalue weighted by Gasteiger charge is -2.36. The maximum absolute atomic E-state index is 6.77. The SMILES string of the molecule is CN(C)c1ccc(-c2cccn2[C@@H]2CCCC[C@H]2N=C(N)N[C@@H]2CCCC[C@H]2n2cccc2-c2ccc(N(C)C)cc2)cc1. The number of aromatic nitrogens is 2. The van der Waals surface area contributed by atoms with Gasteiger partial charge in [0.25, 0.3) is 0 Å². The minimum absolute atomic E-state index is 0.155. The molecule has 7 heteroatoms. The first kappa shape index (κ1) is 29.9. The van der Waals surface area contributed by atoms with E-state index in [4.69, 9.17) is 10.7 Å². The second-order valence-corrected chi connectivity index (χ2v) is 13.0. The van der Waals surface area contributed by atoms with Crippen molar-refractivity contribution in [1.29, 1.82) is 0 Å². The second-order valence-electron chi connectivity index (χ2n) is 13.0. The predicted molar refractivity (Wildman–Crippen MR) is 186 cm³/mol. The minimum atomic E-state index is 0.155. The first-order valence-corrected chi connectivity index (χ1v) is 16.4. The third-order valence-corrected chi connectivity index (χ3v) is 9.69. The van der Waals surface area contributed by atoms with Gasteiger partial charge in [0.05, 0.1) is 18.1 Å². The first-order chi connectivity index (χ1) is 21.4. The van der Waals surface area contributed by atoms with E-state index in [2.05, 4.69) is 138 Å². The normalized spacial score (nSPS) is 22.5. The lowest BCUT2D eigenvalue weighted by Crippen LogP contribution is -2.47. The van der Waals surface area contributed by atoms with Gasteiger partial charge in [-0.3, -0.25) is 0 Å². The Morgan fingerprint density at radius 3 is 1.68 bits per heavy atom. The summed E-state index contributed by atoms with van der Waals surface area (Å²) >= 11 is 0. The topological polar surface area (TPSA) is 66.8 Å². The third kappa shape index (κ3) is 6.37. The smallest absolute Gasteiger partial charge is 0.189 e. The molecule has 2 aliphatic rings. The predicted octanol–water partition coefficient (Wildman–Crippen LogP) is 7.33. The molecule has 44 heavy (non-hydrogen) atoms. The molecule has 232 valence electrons. The molecule has 2 saturated carbocycles. The second kappa shape index (κ2) is 13.2. The number of guanidine groups is 1. The van der Waals surface area contributed by atoms with Crippen molar-refractivity contribution >= 4 is 17.3 Å². The summed E-state index contributed by atoms with van der Waals surface area (Å²) in [4.78, 5) is 9.49. The van der Waals surface area contributed by atoms with Gasteiger partial charge in [0, 0.05) is 69.4 Å². The summed E-state index contributed by atoms with van der Waals surface area (Å²) in [6.45, 7) is 0. The molecule has 6 rings (SSSR count). The molecule has 4 atom stereocenters. The van der Waals surface area contributed by atoms with Gasteiger partial charge in [-0.25, -0.2) is 4.99 Å². The number of benzene rings is 2. The molecule has 0 saturated heterocycles. The summed E-state index contributed by atoms with van der Waals surface area (Å²) in [6.07, 6.45) is 13.7. The van der Waals surface area contributed by atoms with Crippen LogP contribution in [0.2, 0.25) is 0 Å². The molecule has 0 radical (unpaired) electrons. The lowest BCUT2D eigenvalue weighted by molar-refractivity contribution is 0.285. The van der Waals surface area contributed by atoms with E-state index < -0.39 is 0 Å². The van der Waals surface area contributed by atoms with E-state index in [0.29, 0.717) is 18.0 Å². The molecule has 0 bridgehead atoms. The largest absolute Gasteiger partial charge is 0.378 e. The highest BCUT2D eigenvalue weighted by Crippen LogP contribution is 2.37. The highest BCUT2D eigenvalue weighted by molar-refractivity contribution is 5.78. The summed E-state index contributed by atoms with van der Waals surface area (Å²) in [5.74, 6) is 0.590. The summed E-state index contributed by atoms with van der Waals surface area (Å²) in [5.41, 5.74) is 14.2. The van der Waals surface area contributed by atoms with E-state index in [1.807, 2.05) is 0 Å². The van der Waals surface area contributed by atoms with Crippen LogP contribution in [-0.4, -0.2) is 55.4 Å². The third-order valence-electron chi connectivity index (χ3n) is 9.69. The standard InChI is InChI=1S/C37H49N7/c1-41(2)29-21-17-27(18-22-29)33-15-9-25-43(33)35-13-7-5-11-31(35)39-37(38)40-32-12-6-8-14-36(32)44-26-10-16-34(44)28-19-23-30(24-20-28)42(3)4/h9-10,15-26,31-32,35-36H,5-8,11-14H2,1-4H3,(H3,38,39,40)/t31-,32-,35-,36-/m1/s1. The van der Waals surface area contributed by atoms with Crippen LogP contribution in [0.3, 0.4) is 0 Å². The molecule has 2 heterocycles. The molecule has 2 aromatic carbocycles. The van der Waals surface area contributed by atoms with Crippen molar-refractivity contribution in [3.63, 3.8) is 0 Å². The van der Waals surface area contributed by atoms with Gasteiger partial charge < -0.3 is 30.0 Å². The zero-order chi connectivity index (χ0) is 30.6. The van der Waals surface area contributed by atoms with Gasteiger partial charge in [0.1, 0.15) is 0 Å². The van der Waals surface area contributed by atoms with Gasteiger partial charge in [0.2, 0.25) is 0 Å². The van der Waals surface area contributed by atoms with Crippen LogP contribution in [0, 0.1) is 0 Å². The zero-order valence-electron chi connectivity index (χ0n) is 26.9. The zero-order valence-corrected chi connectivity index (χ0v) is 26.9. The van der Waals surface area contributed by atoms with Gasteiger partial charge in [-0.05, 0) is 85.3 Å². The van der Waals surface area contributed by atoms with Crippen molar-refractivity contribution in [2.45, 2.75) is 75.5 Å². The van der Waals surface area contributed by atoms with E-state index >= 15 is 0 Å². The number of anilines is 2. The van der Waals surface area contributed by atoms with Crippen LogP contribution in [-0.2, 0) is 0 Å². The highest BCUT2D eigenvalue weighted by Gasteiger charge is 2.31. The van der Waals surface area contributed by atoms with E-state index in [1.165, 1.54) is 59.6 Å². The summed E-state index contributed by atoms with van der Waals surface area (Å²) in [7, 11) is 8.33. The van der Waals surface area contributed by atoms with Crippen LogP contribution in [0.25, 0.3) is 22.5 Å². The van der Waals surface area contributed by atoms with Crippen LogP contribution in [0.5, 0.6) is 0 Å². The molecule has 0 aliphatic heterocycles. The maximum Gasteiger partial charge on any atom is 0.189 e. The van der Waals surface area contributed by atoms with E-state index in [-0.39, 0.29) is 12.1 Å². The lowest BCUT2D eigenvalue weighted by atomic mass is 9.89. The number of hydrogen-bond donors (Lipinski definition) is 2. The van der Waals surface area contributed by atoms with E-state index in [1.54, 1.807) is 0 Å². The Bertz CT molecular complexity index is 1530. The van der Waals surface area contributed by atoms with Crippen LogP contribution in [0.15, 0.2) is 90.2 Å².